The molecule has 0 aromatic carbocycles. The molecule has 1 saturated heterocycles. The Balaban J connectivity index is 1.51. The number of thiazole rings is 1. The van der Waals surface area contributed by atoms with Crippen LogP contribution >= 0.6 is 11.3 Å². The topological polar surface area (TPSA) is 79.4 Å². The van der Waals surface area contributed by atoms with Gasteiger partial charge in [-0.15, -0.1) is 11.3 Å². The van der Waals surface area contributed by atoms with Crippen molar-refractivity contribution in [2.45, 2.75) is 31.2 Å². The van der Waals surface area contributed by atoms with Gasteiger partial charge in [-0.1, -0.05) is 0 Å². The summed E-state index contributed by atoms with van der Waals surface area (Å²) < 4.78 is 22.9. The van der Waals surface area contributed by atoms with E-state index in [2.05, 4.69) is 10.3 Å². The number of hydrogen-bond donors (Lipinski definition) is 1. The molecule has 1 aliphatic carbocycles. The molecular formula is C13H19N3O3S2. The Morgan fingerprint density at radius 1 is 1.48 bits per heavy atom. The van der Waals surface area contributed by atoms with E-state index in [1.165, 1.54) is 24.2 Å². The summed E-state index contributed by atoms with van der Waals surface area (Å²) in [5.41, 5.74) is 1.07. The van der Waals surface area contributed by atoms with E-state index in [0.29, 0.717) is 17.5 Å². The van der Waals surface area contributed by atoms with Crippen LogP contribution in [0.15, 0.2) is 5.38 Å². The van der Waals surface area contributed by atoms with Crippen molar-refractivity contribution in [2.24, 2.45) is 0 Å². The molecule has 1 N–H and O–H groups in total. The second kappa shape index (κ2) is 5.66. The van der Waals surface area contributed by atoms with E-state index >= 15 is 0 Å². The number of nitrogens with zero attached hydrogens (tertiary/aromatic N) is 2. The van der Waals surface area contributed by atoms with Crippen molar-refractivity contribution in [3.8, 4) is 0 Å². The van der Waals surface area contributed by atoms with Gasteiger partial charge in [0.1, 0.15) is 0 Å². The van der Waals surface area contributed by atoms with Gasteiger partial charge in [-0.2, -0.15) is 0 Å². The predicted octanol–water partition coefficient (Wildman–Crippen LogP) is 1.08. The maximum absolute atomic E-state index is 12.0. The fraction of sp³-hybridized carbons (Fsp3) is 0.692. The van der Waals surface area contributed by atoms with Crippen LogP contribution in [0, 0.1) is 0 Å². The summed E-state index contributed by atoms with van der Waals surface area (Å²) in [5, 5.41) is 5.43. The Hall–Kier alpha value is -0.990. The van der Waals surface area contributed by atoms with Crippen LogP contribution in [0.1, 0.15) is 30.9 Å². The third kappa shape index (κ3) is 3.81. The summed E-state index contributed by atoms with van der Waals surface area (Å²) in [5.74, 6) is 0.817. The molecule has 0 bridgehead atoms. The molecule has 1 aromatic heterocycles. The Labute approximate surface area is 128 Å². The highest BCUT2D eigenvalue weighted by molar-refractivity contribution is 7.91. The number of sulfone groups is 1. The Morgan fingerprint density at radius 2 is 2.24 bits per heavy atom. The minimum Gasteiger partial charge on any atom is -0.301 e. The van der Waals surface area contributed by atoms with Gasteiger partial charge in [-0.3, -0.25) is 9.69 Å². The fourth-order valence-electron chi connectivity index (χ4n) is 2.55. The van der Waals surface area contributed by atoms with E-state index in [-0.39, 0.29) is 30.0 Å². The highest BCUT2D eigenvalue weighted by Gasteiger charge is 2.31. The molecule has 2 aliphatic rings. The van der Waals surface area contributed by atoms with Gasteiger partial charge in [0, 0.05) is 17.3 Å². The molecule has 2 heterocycles. The van der Waals surface area contributed by atoms with Crippen molar-refractivity contribution >= 4 is 32.2 Å². The maximum atomic E-state index is 12.0. The third-order valence-electron chi connectivity index (χ3n) is 3.99. The lowest BCUT2D eigenvalue weighted by Crippen LogP contribution is -2.38. The van der Waals surface area contributed by atoms with Crippen molar-refractivity contribution in [1.29, 1.82) is 0 Å². The zero-order chi connectivity index (χ0) is 15.0. The van der Waals surface area contributed by atoms with E-state index < -0.39 is 9.84 Å². The summed E-state index contributed by atoms with van der Waals surface area (Å²) in [6, 6.07) is -0.0564. The number of carbonyl (C=O) groups excluding carboxylic acids is 1. The fourth-order valence-corrected chi connectivity index (χ4v) is 5.16. The highest BCUT2D eigenvalue weighted by Crippen LogP contribution is 2.40. The average molecular weight is 329 g/mol. The van der Waals surface area contributed by atoms with Crippen LogP contribution in [0.4, 0.5) is 5.13 Å². The molecule has 116 valence electrons. The van der Waals surface area contributed by atoms with Gasteiger partial charge in [0.05, 0.1) is 23.7 Å². The minimum absolute atomic E-state index is 0.0564. The first-order valence-corrected chi connectivity index (χ1v) is 9.79. The number of nitrogens with one attached hydrogen (secondary N) is 1. The summed E-state index contributed by atoms with van der Waals surface area (Å²) in [7, 11) is -1.12. The first-order chi connectivity index (χ1) is 9.93. The van der Waals surface area contributed by atoms with Crippen LogP contribution in [0.3, 0.4) is 0 Å². The van der Waals surface area contributed by atoms with Crippen LogP contribution in [0.25, 0.3) is 0 Å². The first kappa shape index (κ1) is 14.9. The van der Waals surface area contributed by atoms with Gasteiger partial charge in [-0.05, 0) is 26.3 Å². The number of likely N-dealkylation sites (N-methyl/N-ethyl adjacent to an activating group) is 1. The monoisotopic (exact) mass is 329 g/mol. The van der Waals surface area contributed by atoms with E-state index in [1.807, 2.05) is 10.3 Å². The molecule has 2 fully saturated rings. The first-order valence-electron chi connectivity index (χ1n) is 7.09. The van der Waals surface area contributed by atoms with E-state index in [4.69, 9.17) is 0 Å². The molecule has 8 heteroatoms. The van der Waals surface area contributed by atoms with Crippen LogP contribution in [0.5, 0.6) is 0 Å². The Kier molecular flexibility index (Phi) is 4.02. The zero-order valence-corrected chi connectivity index (χ0v) is 13.5. The quantitative estimate of drug-likeness (QED) is 0.874. The lowest BCUT2D eigenvalue weighted by atomic mass is 10.2. The van der Waals surface area contributed by atoms with Crippen molar-refractivity contribution in [2.75, 3.05) is 30.4 Å². The summed E-state index contributed by atoms with van der Waals surface area (Å²) in [6.45, 7) is 0.193. The van der Waals surface area contributed by atoms with Crippen molar-refractivity contribution in [3.05, 3.63) is 11.1 Å². The van der Waals surface area contributed by atoms with Crippen molar-refractivity contribution < 1.29 is 13.2 Å². The van der Waals surface area contributed by atoms with Crippen LogP contribution in [0.2, 0.25) is 0 Å². The largest absolute Gasteiger partial charge is 0.301 e. The third-order valence-corrected chi connectivity index (χ3v) is 6.51. The molecule has 0 radical (unpaired) electrons. The lowest BCUT2D eigenvalue weighted by molar-refractivity contribution is -0.117. The van der Waals surface area contributed by atoms with Gasteiger partial charge in [-0.25, -0.2) is 13.4 Å². The number of anilines is 1. The molecule has 0 spiro atoms. The van der Waals surface area contributed by atoms with Crippen molar-refractivity contribution in [3.63, 3.8) is 0 Å². The molecule has 1 amide bonds. The number of aromatic nitrogens is 1. The smallest absolute Gasteiger partial charge is 0.240 e. The minimum atomic E-state index is -2.92. The summed E-state index contributed by atoms with van der Waals surface area (Å²) in [4.78, 5) is 18.2. The number of carbonyl (C=O) groups is 1. The molecule has 1 aliphatic heterocycles. The normalized spacial score (nSPS) is 24.4. The van der Waals surface area contributed by atoms with Crippen LogP contribution in [-0.2, 0) is 14.6 Å². The number of amides is 1. The second-order valence-corrected chi connectivity index (χ2v) is 8.96. The molecule has 1 atom stereocenters. The molecule has 6 nitrogen and oxygen atoms in total. The second-order valence-electron chi connectivity index (χ2n) is 5.87. The SMILES string of the molecule is CN(CC(=O)Nc1nc(C2CC2)cs1)C1CCS(=O)(=O)C1. The van der Waals surface area contributed by atoms with Gasteiger partial charge in [0.15, 0.2) is 15.0 Å². The summed E-state index contributed by atoms with van der Waals surface area (Å²) >= 11 is 1.45. The highest BCUT2D eigenvalue weighted by atomic mass is 32.2. The van der Waals surface area contributed by atoms with Crippen LogP contribution in [-0.4, -0.2) is 55.3 Å². The van der Waals surface area contributed by atoms with E-state index in [1.54, 1.807) is 7.05 Å². The molecule has 21 heavy (non-hydrogen) atoms. The van der Waals surface area contributed by atoms with Gasteiger partial charge < -0.3 is 5.32 Å². The maximum Gasteiger partial charge on any atom is 0.240 e. The van der Waals surface area contributed by atoms with Crippen LogP contribution < -0.4 is 5.32 Å². The standard InChI is InChI=1S/C13H19N3O3S2/c1-16(10-4-5-21(18,19)8-10)6-12(17)15-13-14-11(7-20-13)9-2-3-9/h7,9-10H,2-6,8H2,1H3,(H,14,15,17). The number of rotatable bonds is 5. The molecule has 1 unspecified atom stereocenters. The summed E-state index contributed by atoms with van der Waals surface area (Å²) in [6.07, 6.45) is 2.99. The molecule has 3 rings (SSSR count). The zero-order valence-electron chi connectivity index (χ0n) is 11.9. The molecule has 1 saturated carbocycles. The lowest BCUT2D eigenvalue weighted by Gasteiger charge is -2.21. The molecular weight excluding hydrogens is 310 g/mol. The Morgan fingerprint density at radius 3 is 2.86 bits per heavy atom. The van der Waals surface area contributed by atoms with Crippen molar-refractivity contribution in [1.82, 2.24) is 9.88 Å². The van der Waals surface area contributed by atoms with Gasteiger partial charge >= 0.3 is 0 Å². The average Bonchev–Trinajstić information content (AvgIpc) is 3.04. The van der Waals surface area contributed by atoms with E-state index in [9.17, 15) is 13.2 Å². The molecule has 1 aromatic rings. The van der Waals surface area contributed by atoms with Gasteiger partial charge in [0.25, 0.3) is 0 Å². The van der Waals surface area contributed by atoms with Gasteiger partial charge in [0.2, 0.25) is 5.91 Å². The Bertz CT molecular complexity index is 637. The number of hydrogen-bond acceptors (Lipinski definition) is 6. The predicted molar refractivity (Wildman–Crippen MR) is 82.4 cm³/mol. The van der Waals surface area contributed by atoms with E-state index in [0.717, 1.165) is 5.69 Å².